The molecule has 1 aliphatic heterocycles. The molecule has 0 aromatic heterocycles. The molecule has 0 aliphatic carbocycles. The van der Waals surface area contributed by atoms with Crippen molar-refractivity contribution in [2.45, 2.75) is 38.8 Å². The standard InChI is InChI=1S/C30H32N2O4/c1-4-22(3)30(34)36-20-26(33)19-35-27-16-12-24(13-17-27)29-18-28(23-8-6-5-7-9-23)31-32(29)25-14-10-21(2)11-15-25/h5-17,26,29,33H,3-4,18-20H2,1-2H3. The van der Waals surface area contributed by atoms with Gasteiger partial charge in [0.05, 0.1) is 17.4 Å². The van der Waals surface area contributed by atoms with E-state index in [-0.39, 0.29) is 19.3 Å². The molecular formula is C30H32N2O4. The van der Waals surface area contributed by atoms with Crippen molar-refractivity contribution in [3.8, 4) is 5.75 Å². The molecule has 0 saturated carbocycles. The minimum absolute atomic E-state index is 0.0193. The maximum Gasteiger partial charge on any atom is 0.333 e. The van der Waals surface area contributed by atoms with Crippen molar-refractivity contribution in [3.63, 3.8) is 0 Å². The Morgan fingerprint density at radius 2 is 1.75 bits per heavy atom. The van der Waals surface area contributed by atoms with Crippen LogP contribution in [0.15, 0.2) is 96.1 Å². The van der Waals surface area contributed by atoms with Gasteiger partial charge in [0.15, 0.2) is 0 Å². The second kappa shape index (κ2) is 11.7. The van der Waals surface area contributed by atoms with Crippen LogP contribution in [0.3, 0.4) is 0 Å². The number of aliphatic hydroxyl groups is 1. The van der Waals surface area contributed by atoms with Gasteiger partial charge in [-0.2, -0.15) is 5.10 Å². The molecule has 3 aromatic carbocycles. The van der Waals surface area contributed by atoms with Crippen LogP contribution in [0.1, 0.15) is 42.5 Å². The van der Waals surface area contributed by atoms with Gasteiger partial charge >= 0.3 is 5.97 Å². The van der Waals surface area contributed by atoms with Gasteiger partial charge in [-0.25, -0.2) is 4.79 Å². The van der Waals surface area contributed by atoms with E-state index in [9.17, 15) is 9.90 Å². The number of hydrazone groups is 1. The van der Waals surface area contributed by atoms with Gasteiger partial charge in [-0.15, -0.1) is 0 Å². The zero-order valence-electron chi connectivity index (χ0n) is 20.8. The summed E-state index contributed by atoms with van der Waals surface area (Å²) < 4.78 is 10.8. The van der Waals surface area contributed by atoms with Crippen LogP contribution in [0.25, 0.3) is 0 Å². The van der Waals surface area contributed by atoms with E-state index in [4.69, 9.17) is 14.6 Å². The van der Waals surface area contributed by atoms with Gasteiger partial charge in [-0.1, -0.05) is 73.7 Å². The van der Waals surface area contributed by atoms with Crippen LogP contribution >= 0.6 is 0 Å². The van der Waals surface area contributed by atoms with Crippen molar-refractivity contribution in [2.75, 3.05) is 18.2 Å². The predicted molar refractivity (Wildman–Crippen MR) is 142 cm³/mol. The van der Waals surface area contributed by atoms with Crippen LogP contribution < -0.4 is 9.75 Å². The zero-order valence-corrected chi connectivity index (χ0v) is 20.8. The van der Waals surface area contributed by atoms with Gasteiger partial charge in [0, 0.05) is 12.0 Å². The van der Waals surface area contributed by atoms with Crippen molar-refractivity contribution in [1.29, 1.82) is 0 Å². The van der Waals surface area contributed by atoms with Gasteiger partial charge in [-0.3, -0.25) is 5.01 Å². The summed E-state index contributed by atoms with van der Waals surface area (Å²) in [6.07, 6.45) is 0.371. The molecule has 0 fully saturated rings. The third-order valence-electron chi connectivity index (χ3n) is 6.15. The van der Waals surface area contributed by atoms with Crippen molar-refractivity contribution < 1.29 is 19.4 Å². The Morgan fingerprint density at radius 1 is 1.06 bits per heavy atom. The Hall–Kier alpha value is -3.90. The highest BCUT2D eigenvalue weighted by molar-refractivity contribution is 6.03. The zero-order chi connectivity index (χ0) is 25.5. The van der Waals surface area contributed by atoms with E-state index in [1.165, 1.54) is 5.56 Å². The normalized spacial score (nSPS) is 15.8. The lowest BCUT2D eigenvalue weighted by Gasteiger charge is -2.24. The molecule has 186 valence electrons. The van der Waals surface area contributed by atoms with E-state index in [0.717, 1.165) is 28.9 Å². The van der Waals surface area contributed by atoms with E-state index in [1.54, 1.807) is 0 Å². The molecule has 0 radical (unpaired) electrons. The van der Waals surface area contributed by atoms with Crippen molar-refractivity contribution in [3.05, 3.63) is 108 Å². The van der Waals surface area contributed by atoms with E-state index < -0.39 is 12.1 Å². The molecule has 0 bridgehead atoms. The minimum Gasteiger partial charge on any atom is -0.491 e. The molecule has 0 saturated heterocycles. The van der Waals surface area contributed by atoms with Crippen LogP contribution in [0.2, 0.25) is 0 Å². The van der Waals surface area contributed by atoms with Crippen LogP contribution in [0, 0.1) is 6.92 Å². The molecule has 6 nitrogen and oxygen atoms in total. The summed E-state index contributed by atoms with van der Waals surface area (Å²) in [5, 5.41) is 17.2. The van der Waals surface area contributed by atoms with Gasteiger partial charge in [0.1, 0.15) is 25.1 Å². The van der Waals surface area contributed by atoms with Crippen LogP contribution in [0.4, 0.5) is 5.69 Å². The lowest BCUT2D eigenvalue weighted by molar-refractivity contribution is -0.142. The lowest BCUT2D eigenvalue weighted by Crippen LogP contribution is -2.25. The smallest absolute Gasteiger partial charge is 0.333 e. The van der Waals surface area contributed by atoms with E-state index >= 15 is 0 Å². The highest BCUT2D eigenvalue weighted by Gasteiger charge is 2.30. The number of anilines is 1. The molecule has 0 amide bonds. The summed E-state index contributed by atoms with van der Waals surface area (Å²) in [6, 6.07) is 26.5. The molecule has 1 heterocycles. The van der Waals surface area contributed by atoms with Crippen LogP contribution in [-0.2, 0) is 9.53 Å². The van der Waals surface area contributed by atoms with Gasteiger partial charge < -0.3 is 14.6 Å². The third-order valence-corrected chi connectivity index (χ3v) is 6.15. The molecule has 36 heavy (non-hydrogen) atoms. The highest BCUT2D eigenvalue weighted by atomic mass is 16.5. The first kappa shape index (κ1) is 25.2. The summed E-state index contributed by atoms with van der Waals surface area (Å²) in [4.78, 5) is 11.7. The van der Waals surface area contributed by atoms with Gasteiger partial charge in [-0.05, 0) is 48.7 Å². The number of benzene rings is 3. The van der Waals surface area contributed by atoms with E-state index in [0.29, 0.717) is 17.7 Å². The second-order valence-electron chi connectivity index (χ2n) is 8.90. The molecule has 3 aromatic rings. The number of esters is 1. The Kier molecular flexibility index (Phi) is 8.18. The molecule has 1 aliphatic rings. The first-order valence-corrected chi connectivity index (χ1v) is 12.2. The fourth-order valence-corrected chi connectivity index (χ4v) is 3.96. The molecule has 2 unspecified atom stereocenters. The number of carbonyl (C=O) groups is 1. The number of aryl methyl sites for hydroxylation is 1. The SMILES string of the molecule is C=C(CC)C(=O)OCC(O)COc1ccc(C2CC(c3ccccc3)=NN2c2ccc(C)cc2)cc1. The topological polar surface area (TPSA) is 71.4 Å². The maximum absolute atomic E-state index is 11.7. The molecule has 0 spiro atoms. The quantitative estimate of drug-likeness (QED) is 0.300. The summed E-state index contributed by atoms with van der Waals surface area (Å²) in [5.74, 6) is 0.138. The Balaban J connectivity index is 1.43. The summed E-state index contributed by atoms with van der Waals surface area (Å²) in [6.45, 7) is 7.42. The number of hydrogen-bond acceptors (Lipinski definition) is 6. The molecule has 2 atom stereocenters. The Morgan fingerprint density at radius 3 is 2.42 bits per heavy atom. The lowest BCUT2D eigenvalue weighted by atomic mass is 9.98. The largest absolute Gasteiger partial charge is 0.491 e. The molecule has 4 rings (SSSR count). The summed E-state index contributed by atoms with van der Waals surface area (Å²) >= 11 is 0. The van der Waals surface area contributed by atoms with E-state index in [1.807, 2.05) is 49.4 Å². The highest BCUT2D eigenvalue weighted by Crippen LogP contribution is 2.37. The Bertz CT molecular complexity index is 1200. The summed E-state index contributed by atoms with van der Waals surface area (Å²) in [5.41, 5.74) is 5.91. The summed E-state index contributed by atoms with van der Waals surface area (Å²) in [7, 11) is 0. The average Bonchev–Trinajstić information content (AvgIpc) is 3.37. The number of aliphatic hydroxyl groups excluding tert-OH is 1. The molecule has 1 N–H and O–H groups in total. The number of rotatable bonds is 10. The Labute approximate surface area is 212 Å². The molecule has 6 heteroatoms. The number of hydrogen-bond donors (Lipinski definition) is 1. The van der Waals surface area contributed by atoms with Crippen LogP contribution in [-0.4, -0.2) is 36.1 Å². The predicted octanol–water partition coefficient (Wildman–Crippen LogP) is 5.60. The fourth-order valence-electron chi connectivity index (χ4n) is 3.96. The maximum atomic E-state index is 11.7. The number of carbonyl (C=O) groups excluding carboxylic acids is 1. The second-order valence-corrected chi connectivity index (χ2v) is 8.90. The van der Waals surface area contributed by atoms with Crippen molar-refractivity contribution in [2.24, 2.45) is 5.10 Å². The third kappa shape index (κ3) is 6.20. The van der Waals surface area contributed by atoms with Gasteiger partial charge in [0.25, 0.3) is 0 Å². The fraction of sp³-hybridized carbons (Fsp3) is 0.267. The first-order chi connectivity index (χ1) is 17.4. The van der Waals surface area contributed by atoms with Gasteiger partial charge in [0.2, 0.25) is 0 Å². The van der Waals surface area contributed by atoms with Crippen molar-refractivity contribution >= 4 is 17.4 Å². The number of nitrogens with zero attached hydrogens (tertiary/aromatic N) is 2. The van der Waals surface area contributed by atoms with E-state index in [2.05, 4.69) is 54.9 Å². The van der Waals surface area contributed by atoms with Crippen molar-refractivity contribution in [1.82, 2.24) is 0 Å². The van der Waals surface area contributed by atoms with Crippen LogP contribution in [0.5, 0.6) is 5.75 Å². The first-order valence-electron chi connectivity index (χ1n) is 12.2. The average molecular weight is 485 g/mol. The molecular weight excluding hydrogens is 452 g/mol. The minimum atomic E-state index is -0.924. The monoisotopic (exact) mass is 484 g/mol. The number of ether oxygens (including phenoxy) is 2.